The topological polar surface area (TPSA) is 49.9 Å². The van der Waals surface area contributed by atoms with E-state index in [0.717, 1.165) is 17.5 Å². The Bertz CT molecular complexity index is 506. The van der Waals surface area contributed by atoms with Crippen LogP contribution in [0.25, 0.3) is 0 Å². The molecule has 5 heteroatoms. The summed E-state index contributed by atoms with van der Waals surface area (Å²) in [5.41, 5.74) is 1.07. The molecule has 1 rings (SSSR count). The lowest BCUT2D eigenvalue weighted by atomic mass is 10.0. The molecule has 1 atom stereocenters. The molecule has 0 saturated carbocycles. The second-order valence-electron chi connectivity index (χ2n) is 6.13. The summed E-state index contributed by atoms with van der Waals surface area (Å²) in [6, 6.07) is 6.82. The molecule has 21 heavy (non-hydrogen) atoms. The number of benzene rings is 1. The van der Waals surface area contributed by atoms with Gasteiger partial charge in [-0.25, -0.2) is 4.79 Å². The van der Waals surface area contributed by atoms with Gasteiger partial charge in [-0.3, -0.25) is 4.90 Å². The summed E-state index contributed by atoms with van der Waals surface area (Å²) >= 11 is 0. The van der Waals surface area contributed by atoms with E-state index in [-0.39, 0.29) is 0 Å². The molecular formula is C16H24N2O3. The number of hydrogen-bond acceptors (Lipinski definition) is 4. The Morgan fingerprint density at radius 1 is 1.19 bits per heavy atom. The zero-order valence-corrected chi connectivity index (χ0v) is 13.6. The fourth-order valence-corrected chi connectivity index (χ4v) is 1.97. The minimum Gasteiger partial charge on any atom is -0.444 e. The fraction of sp³-hybridized carbons (Fsp3) is 0.500. The second kappa shape index (κ2) is 6.61. The normalized spacial score (nSPS) is 12.5. The highest BCUT2D eigenvalue weighted by atomic mass is 16.6. The van der Waals surface area contributed by atoms with E-state index in [0.29, 0.717) is 0 Å². The number of aldehydes is 1. The molecule has 0 aliphatic rings. The van der Waals surface area contributed by atoms with E-state index in [1.165, 1.54) is 4.90 Å². The SMILES string of the molecule is CN(C)c1ccccc1C(C=O)N(C)C(=O)OC(C)(C)C. The van der Waals surface area contributed by atoms with Crippen molar-refractivity contribution in [2.45, 2.75) is 32.4 Å². The Kier molecular flexibility index (Phi) is 5.35. The molecule has 1 aromatic carbocycles. The molecule has 0 fully saturated rings. The molecule has 0 aliphatic heterocycles. The molecule has 0 bridgehead atoms. The number of ether oxygens (including phenoxy) is 1. The van der Waals surface area contributed by atoms with Crippen LogP contribution in [0.2, 0.25) is 0 Å². The predicted octanol–water partition coefficient (Wildman–Crippen LogP) is 2.86. The van der Waals surface area contributed by atoms with Gasteiger partial charge in [0.2, 0.25) is 0 Å². The summed E-state index contributed by atoms with van der Waals surface area (Å²) in [5, 5.41) is 0. The maximum absolute atomic E-state index is 12.1. The Morgan fingerprint density at radius 3 is 2.24 bits per heavy atom. The highest BCUT2D eigenvalue weighted by molar-refractivity contribution is 5.77. The van der Waals surface area contributed by atoms with E-state index >= 15 is 0 Å². The average Bonchev–Trinajstić information content (AvgIpc) is 2.37. The predicted molar refractivity (Wildman–Crippen MR) is 83.6 cm³/mol. The van der Waals surface area contributed by atoms with Gasteiger partial charge in [-0.05, 0) is 26.8 Å². The van der Waals surface area contributed by atoms with E-state index in [1.807, 2.05) is 43.3 Å². The maximum atomic E-state index is 12.1. The van der Waals surface area contributed by atoms with Gasteiger partial charge in [-0.15, -0.1) is 0 Å². The Labute approximate surface area is 126 Å². The molecule has 0 N–H and O–H groups in total. The summed E-state index contributed by atoms with van der Waals surface area (Å²) in [7, 11) is 5.36. The minimum atomic E-state index is -0.682. The van der Waals surface area contributed by atoms with Crippen molar-refractivity contribution in [3.8, 4) is 0 Å². The van der Waals surface area contributed by atoms with Crippen LogP contribution in [0.3, 0.4) is 0 Å². The van der Waals surface area contributed by atoms with Crippen LogP contribution >= 0.6 is 0 Å². The Hall–Kier alpha value is -2.04. The highest BCUT2D eigenvalue weighted by Gasteiger charge is 2.27. The van der Waals surface area contributed by atoms with Crippen molar-refractivity contribution in [2.24, 2.45) is 0 Å². The average molecular weight is 292 g/mol. The summed E-state index contributed by atoms with van der Waals surface area (Å²) in [4.78, 5) is 26.9. The Morgan fingerprint density at radius 2 is 1.76 bits per heavy atom. The molecule has 1 aromatic rings. The lowest BCUT2D eigenvalue weighted by molar-refractivity contribution is -0.112. The summed E-state index contributed by atoms with van der Waals surface area (Å²) < 4.78 is 5.32. The molecule has 1 amide bonds. The number of anilines is 1. The third kappa shape index (κ3) is 4.48. The summed E-state index contributed by atoms with van der Waals surface area (Å²) in [6.07, 6.45) is 0.236. The number of para-hydroxylation sites is 1. The molecule has 0 aromatic heterocycles. The van der Waals surface area contributed by atoms with E-state index in [2.05, 4.69) is 0 Å². The third-order valence-electron chi connectivity index (χ3n) is 2.96. The number of amides is 1. The van der Waals surface area contributed by atoms with E-state index in [4.69, 9.17) is 4.74 Å². The largest absolute Gasteiger partial charge is 0.444 e. The van der Waals surface area contributed by atoms with Crippen molar-refractivity contribution in [2.75, 3.05) is 26.0 Å². The third-order valence-corrected chi connectivity index (χ3v) is 2.96. The molecule has 0 saturated heterocycles. The van der Waals surface area contributed by atoms with Crippen LogP contribution in [0, 0.1) is 0 Å². The lowest BCUT2D eigenvalue weighted by Gasteiger charge is -2.30. The lowest BCUT2D eigenvalue weighted by Crippen LogP contribution is -2.37. The van der Waals surface area contributed by atoms with Gasteiger partial charge in [0.1, 0.15) is 17.9 Å². The molecular weight excluding hydrogens is 268 g/mol. The molecule has 0 aliphatic carbocycles. The second-order valence-corrected chi connectivity index (χ2v) is 6.13. The van der Waals surface area contributed by atoms with Crippen LogP contribution in [0.4, 0.5) is 10.5 Å². The van der Waals surface area contributed by atoms with Crippen molar-refractivity contribution in [1.29, 1.82) is 0 Å². The summed E-state index contributed by atoms with van der Waals surface area (Å²) in [6.45, 7) is 5.38. The van der Waals surface area contributed by atoms with Gasteiger partial charge in [0.05, 0.1) is 0 Å². The number of carbonyl (C=O) groups is 2. The van der Waals surface area contributed by atoms with Crippen molar-refractivity contribution in [3.05, 3.63) is 29.8 Å². The monoisotopic (exact) mass is 292 g/mol. The van der Waals surface area contributed by atoms with Crippen molar-refractivity contribution >= 4 is 18.1 Å². The van der Waals surface area contributed by atoms with E-state index in [9.17, 15) is 9.59 Å². The number of rotatable bonds is 4. The van der Waals surface area contributed by atoms with Gasteiger partial charge >= 0.3 is 6.09 Å². The van der Waals surface area contributed by atoms with Gasteiger partial charge in [0, 0.05) is 32.4 Å². The van der Waals surface area contributed by atoms with Crippen LogP contribution in [0.5, 0.6) is 0 Å². The van der Waals surface area contributed by atoms with Gasteiger partial charge < -0.3 is 14.4 Å². The van der Waals surface area contributed by atoms with Crippen molar-refractivity contribution in [1.82, 2.24) is 4.90 Å². The first-order valence-corrected chi connectivity index (χ1v) is 6.84. The van der Waals surface area contributed by atoms with Crippen LogP contribution in [-0.4, -0.2) is 44.0 Å². The standard InChI is InChI=1S/C16H24N2O3/c1-16(2,3)21-15(20)18(6)14(11-19)12-9-7-8-10-13(12)17(4)5/h7-11,14H,1-6H3. The van der Waals surface area contributed by atoms with Crippen LogP contribution in [0.1, 0.15) is 32.4 Å². The van der Waals surface area contributed by atoms with Crippen molar-refractivity contribution < 1.29 is 14.3 Å². The molecule has 0 spiro atoms. The first-order valence-electron chi connectivity index (χ1n) is 6.84. The van der Waals surface area contributed by atoms with Crippen LogP contribution in [0.15, 0.2) is 24.3 Å². The number of carbonyl (C=O) groups excluding carboxylic acids is 2. The minimum absolute atomic E-state index is 0.520. The van der Waals surface area contributed by atoms with Crippen LogP contribution in [-0.2, 0) is 9.53 Å². The molecule has 116 valence electrons. The zero-order valence-electron chi connectivity index (χ0n) is 13.6. The molecule has 0 radical (unpaired) electrons. The zero-order chi connectivity index (χ0) is 16.2. The van der Waals surface area contributed by atoms with Gasteiger partial charge in [-0.1, -0.05) is 18.2 Å². The maximum Gasteiger partial charge on any atom is 0.410 e. The molecule has 5 nitrogen and oxygen atoms in total. The number of hydrogen-bond donors (Lipinski definition) is 0. The van der Waals surface area contributed by atoms with Gasteiger partial charge in [-0.2, -0.15) is 0 Å². The van der Waals surface area contributed by atoms with E-state index < -0.39 is 17.7 Å². The quantitative estimate of drug-likeness (QED) is 0.801. The number of likely N-dealkylation sites (N-methyl/N-ethyl adjacent to an activating group) is 1. The molecule has 0 heterocycles. The van der Waals surface area contributed by atoms with Crippen LogP contribution < -0.4 is 4.90 Å². The summed E-state index contributed by atoms with van der Waals surface area (Å²) in [5.74, 6) is 0. The Balaban J connectivity index is 3.08. The number of nitrogens with zero attached hydrogens (tertiary/aromatic N) is 2. The fourth-order valence-electron chi connectivity index (χ4n) is 1.97. The highest BCUT2D eigenvalue weighted by Crippen LogP contribution is 2.28. The van der Waals surface area contributed by atoms with Gasteiger partial charge in [0.25, 0.3) is 0 Å². The smallest absolute Gasteiger partial charge is 0.410 e. The molecule has 1 unspecified atom stereocenters. The first-order chi connectivity index (χ1) is 9.67. The first kappa shape index (κ1) is 17.0. The van der Waals surface area contributed by atoms with Crippen molar-refractivity contribution in [3.63, 3.8) is 0 Å². The van der Waals surface area contributed by atoms with E-state index in [1.54, 1.807) is 27.8 Å². The van der Waals surface area contributed by atoms with Gasteiger partial charge in [0.15, 0.2) is 0 Å².